The molecule has 0 bridgehead atoms. The Kier molecular flexibility index (Phi) is 12.4. The Morgan fingerprint density at radius 2 is 1.62 bits per heavy atom. The van der Waals surface area contributed by atoms with Gasteiger partial charge in [-0.2, -0.15) is 0 Å². The lowest BCUT2D eigenvalue weighted by Gasteiger charge is -2.02. The molecular weight excluding hydrogens is 428 g/mol. The third-order valence-corrected chi connectivity index (χ3v) is 2.19. The van der Waals surface area contributed by atoms with Crippen molar-refractivity contribution in [3.05, 3.63) is 29.6 Å². The van der Waals surface area contributed by atoms with Crippen molar-refractivity contribution in [2.24, 2.45) is 11.5 Å². The van der Waals surface area contributed by atoms with Gasteiger partial charge < -0.3 is 11.5 Å². The monoisotopic (exact) mass is 447 g/mol. The van der Waals surface area contributed by atoms with Crippen LogP contribution >= 0.6 is 37.2 Å². The second-order valence-corrected chi connectivity index (χ2v) is 3.44. The Balaban J connectivity index is 0.00000106. The third-order valence-electron chi connectivity index (χ3n) is 2.19. The number of nitrogens with zero attached hydrogens (tertiary/aromatic N) is 1. The number of aromatic nitrogens is 1. The number of rotatable bonds is 6. The maximum absolute atomic E-state index is 5.44. The van der Waals surface area contributed by atoms with Crippen LogP contribution in [0.5, 0.6) is 0 Å². The molecule has 0 aliphatic rings. The lowest BCUT2D eigenvalue weighted by Crippen LogP contribution is -2.03. The van der Waals surface area contributed by atoms with Crippen LogP contribution in [0.15, 0.2) is 18.3 Å². The molecule has 4 N–H and O–H groups in total. The zero-order valence-electron chi connectivity index (χ0n) is 9.33. The molecule has 1 heterocycles. The van der Waals surface area contributed by atoms with E-state index in [0.29, 0.717) is 0 Å². The van der Waals surface area contributed by atoms with Gasteiger partial charge >= 0.3 is 0 Å². The number of pyridine rings is 1. The minimum atomic E-state index is 0.733. The van der Waals surface area contributed by atoms with Gasteiger partial charge in [-0.1, -0.05) is 6.07 Å². The predicted molar refractivity (Wildman–Crippen MR) is 87.0 cm³/mol. The molecule has 0 spiro atoms. The first kappa shape index (κ1) is 16.5. The van der Waals surface area contributed by atoms with Gasteiger partial charge in [-0.15, -0.1) is 0 Å². The standard InChI is InChI=1S/C11H19N3.I2/c12-7-1-3-10-5-6-11(14-9-10)4-2-8-13;1-2/h5-6,9H,1-4,7-8,12-13H2;. The van der Waals surface area contributed by atoms with Gasteiger partial charge in [-0.05, 0) is 50.4 Å². The number of hydrogen-bond donors (Lipinski definition) is 2. The Labute approximate surface area is 121 Å². The van der Waals surface area contributed by atoms with E-state index in [1.54, 1.807) is 0 Å². The molecule has 0 fully saturated rings. The average Bonchev–Trinajstić information content (AvgIpc) is 2.37. The number of halogens is 2. The van der Waals surface area contributed by atoms with Crippen molar-refractivity contribution in [2.75, 3.05) is 13.1 Å². The van der Waals surface area contributed by atoms with E-state index in [9.17, 15) is 0 Å². The molecule has 0 saturated carbocycles. The van der Waals surface area contributed by atoms with Gasteiger partial charge in [0.25, 0.3) is 0 Å². The van der Waals surface area contributed by atoms with Crippen LogP contribution in [-0.2, 0) is 12.8 Å². The van der Waals surface area contributed by atoms with Crippen LogP contribution in [0.1, 0.15) is 24.1 Å². The summed E-state index contributed by atoms with van der Waals surface area (Å²) in [5.41, 5.74) is 13.3. The highest BCUT2D eigenvalue weighted by Gasteiger charge is 1.95. The fourth-order valence-electron chi connectivity index (χ4n) is 1.34. The van der Waals surface area contributed by atoms with Crippen LogP contribution in [0, 0.1) is 0 Å². The first-order valence-corrected chi connectivity index (χ1v) is 11.6. The van der Waals surface area contributed by atoms with Gasteiger partial charge in [-0.3, -0.25) is 4.98 Å². The summed E-state index contributed by atoms with van der Waals surface area (Å²) >= 11 is 4.24. The van der Waals surface area contributed by atoms with Crippen LogP contribution in [-0.4, -0.2) is 18.1 Å². The summed E-state index contributed by atoms with van der Waals surface area (Å²) in [5.74, 6) is 0. The van der Waals surface area contributed by atoms with Crippen LogP contribution in [0.2, 0.25) is 0 Å². The molecule has 1 aromatic rings. The molecule has 0 saturated heterocycles. The first-order chi connectivity index (χ1) is 7.86. The van der Waals surface area contributed by atoms with E-state index < -0.39 is 0 Å². The summed E-state index contributed by atoms with van der Waals surface area (Å²) in [7, 11) is 0. The average molecular weight is 447 g/mol. The van der Waals surface area contributed by atoms with Crippen LogP contribution < -0.4 is 11.5 Å². The van der Waals surface area contributed by atoms with Gasteiger partial charge in [0.1, 0.15) is 0 Å². The molecule has 0 radical (unpaired) electrons. The van der Waals surface area contributed by atoms with E-state index in [4.69, 9.17) is 11.5 Å². The zero-order valence-corrected chi connectivity index (χ0v) is 13.6. The highest BCUT2D eigenvalue weighted by Crippen LogP contribution is 2.04. The molecule has 16 heavy (non-hydrogen) atoms. The van der Waals surface area contributed by atoms with Crippen molar-refractivity contribution < 1.29 is 0 Å². The molecule has 0 unspecified atom stereocenters. The fourth-order valence-corrected chi connectivity index (χ4v) is 1.34. The summed E-state index contributed by atoms with van der Waals surface area (Å²) in [5, 5.41) is 0. The summed E-state index contributed by atoms with van der Waals surface area (Å²) < 4.78 is 0. The molecule has 0 aliphatic carbocycles. The molecule has 0 atom stereocenters. The maximum atomic E-state index is 5.44. The van der Waals surface area contributed by atoms with Crippen molar-refractivity contribution in [1.82, 2.24) is 4.98 Å². The molecule has 3 nitrogen and oxygen atoms in total. The van der Waals surface area contributed by atoms with Gasteiger partial charge in [0.15, 0.2) is 0 Å². The van der Waals surface area contributed by atoms with Crippen LogP contribution in [0.25, 0.3) is 0 Å². The summed E-state index contributed by atoms with van der Waals surface area (Å²) in [4.78, 5) is 4.37. The highest BCUT2D eigenvalue weighted by atomic mass is 128. The quantitative estimate of drug-likeness (QED) is 0.660. The van der Waals surface area contributed by atoms with Crippen molar-refractivity contribution in [3.8, 4) is 0 Å². The molecule has 0 amide bonds. The minimum absolute atomic E-state index is 0.733. The van der Waals surface area contributed by atoms with Crippen molar-refractivity contribution in [3.63, 3.8) is 0 Å². The molecule has 5 heteroatoms. The van der Waals surface area contributed by atoms with E-state index in [1.807, 2.05) is 6.20 Å². The van der Waals surface area contributed by atoms with Gasteiger partial charge in [0.05, 0.1) is 0 Å². The number of hydrogen-bond acceptors (Lipinski definition) is 3. The molecular formula is C11H19I2N3. The molecule has 0 aromatic carbocycles. The minimum Gasteiger partial charge on any atom is -0.330 e. The molecule has 1 rings (SSSR count). The highest BCUT2D eigenvalue weighted by molar-refractivity contribution is 15.0. The molecule has 1 aromatic heterocycles. The summed E-state index contributed by atoms with van der Waals surface area (Å²) in [6.07, 6.45) is 5.99. The Bertz CT molecular complexity index is 225. The third kappa shape index (κ3) is 7.75. The van der Waals surface area contributed by atoms with Crippen molar-refractivity contribution in [2.45, 2.75) is 25.7 Å². The van der Waals surface area contributed by atoms with Crippen molar-refractivity contribution >= 4 is 37.2 Å². The summed E-state index contributed by atoms with van der Waals surface area (Å²) in [6.45, 7) is 1.48. The van der Waals surface area contributed by atoms with Gasteiger partial charge in [0.2, 0.25) is 0 Å². The Morgan fingerprint density at radius 1 is 1.00 bits per heavy atom. The van der Waals surface area contributed by atoms with E-state index in [-0.39, 0.29) is 0 Å². The number of aryl methyl sites for hydroxylation is 2. The lowest BCUT2D eigenvalue weighted by molar-refractivity contribution is 0.799. The van der Waals surface area contributed by atoms with Gasteiger partial charge in [-0.25, -0.2) is 0 Å². The topological polar surface area (TPSA) is 64.9 Å². The van der Waals surface area contributed by atoms with Crippen LogP contribution in [0.3, 0.4) is 0 Å². The molecule has 0 aliphatic heterocycles. The van der Waals surface area contributed by atoms with Crippen LogP contribution in [0.4, 0.5) is 0 Å². The first-order valence-electron chi connectivity index (χ1n) is 5.35. The smallest absolute Gasteiger partial charge is 0.0404 e. The Morgan fingerprint density at radius 3 is 2.12 bits per heavy atom. The second kappa shape index (κ2) is 12.0. The lowest BCUT2D eigenvalue weighted by atomic mass is 10.1. The van der Waals surface area contributed by atoms with E-state index in [2.05, 4.69) is 54.3 Å². The maximum Gasteiger partial charge on any atom is 0.0404 e. The van der Waals surface area contributed by atoms with Gasteiger partial charge in [0, 0.05) is 49.1 Å². The molecule has 92 valence electrons. The van der Waals surface area contributed by atoms with E-state index in [0.717, 1.165) is 44.5 Å². The Hall–Kier alpha value is 0.530. The zero-order chi connectivity index (χ0) is 12.2. The predicted octanol–water partition coefficient (Wildman–Crippen LogP) is 2.64. The van der Waals surface area contributed by atoms with Crippen molar-refractivity contribution in [1.29, 1.82) is 0 Å². The van der Waals surface area contributed by atoms with E-state index in [1.165, 1.54) is 5.56 Å². The number of nitrogens with two attached hydrogens (primary N) is 2. The second-order valence-electron chi connectivity index (χ2n) is 3.44. The fraction of sp³-hybridized carbons (Fsp3) is 0.545. The normalized spacial score (nSPS) is 9.50. The largest absolute Gasteiger partial charge is 0.330 e. The SMILES string of the molecule is II.NCCCc1ccc(CCCN)nc1. The summed E-state index contributed by atoms with van der Waals surface area (Å²) in [6, 6.07) is 4.22. The van der Waals surface area contributed by atoms with E-state index >= 15 is 0 Å².